The molecule has 134 valence electrons. The Bertz CT molecular complexity index is 845. The number of rotatable bonds is 5. The number of nitrogens with one attached hydrogen (secondary N) is 2. The maximum atomic E-state index is 12.3. The highest BCUT2D eigenvalue weighted by Gasteiger charge is 2.11. The van der Waals surface area contributed by atoms with Crippen molar-refractivity contribution in [3.05, 3.63) is 58.1 Å². The van der Waals surface area contributed by atoms with E-state index < -0.39 is 0 Å². The largest absolute Gasteiger partial charge is 0.492 e. The van der Waals surface area contributed by atoms with Gasteiger partial charge >= 0.3 is 0 Å². The quantitative estimate of drug-likeness (QED) is 0.682. The minimum Gasteiger partial charge on any atom is -0.492 e. The number of nitriles is 1. The van der Waals surface area contributed by atoms with E-state index in [1.54, 1.807) is 42.5 Å². The SMILES string of the molecule is CC(C)COc1ccc(C(=O)NC(=S)Nc2ccc(C#N)cc2)cc1Br. The van der Waals surface area contributed by atoms with Crippen LogP contribution in [0.4, 0.5) is 5.69 Å². The molecule has 0 fully saturated rings. The number of halogens is 1. The molecule has 5 nitrogen and oxygen atoms in total. The number of hydrogen-bond donors (Lipinski definition) is 2. The van der Waals surface area contributed by atoms with Crippen molar-refractivity contribution in [3.63, 3.8) is 0 Å². The highest BCUT2D eigenvalue weighted by atomic mass is 79.9. The Kier molecular flexibility index (Phi) is 7.13. The topological polar surface area (TPSA) is 74.2 Å². The van der Waals surface area contributed by atoms with Crippen molar-refractivity contribution >= 4 is 44.9 Å². The van der Waals surface area contributed by atoms with Gasteiger partial charge in [0, 0.05) is 11.3 Å². The lowest BCUT2D eigenvalue weighted by molar-refractivity contribution is 0.0977. The molecule has 0 aromatic heterocycles. The van der Waals surface area contributed by atoms with E-state index in [1.807, 2.05) is 6.07 Å². The number of hydrogen-bond acceptors (Lipinski definition) is 4. The van der Waals surface area contributed by atoms with Crippen LogP contribution in [0, 0.1) is 17.2 Å². The van der Waals surface area contributed by atoms with E-state index in [4.69, 9.17) is 22.2 Å². The molecule has 2 rings (SSSR count). The van der Waals surface area contributed by atoms with E-state index in [9.17, 15) is 4.79 Å². The van der Waals surface area contributed by atoms with Crippen LogP contribution >= 0.6 is 28.1 Å². The number of carbonyl (C=O) groups excluding carboxylic acids is 1. The van der Waals surface area contributed by atoms with E-state index in [0.717, 1.165) is 0 Å². The Balaban J connectivity index is 1.96. The standard InChI is InChI=1S/C19H18BrN3O2S/c1-12(2)11-25-17-8-5-14(9-16(17)20)18(24)23-19(26)22-15-6-3-13(10-21)4-7-15/h3-9,12H,11H2,1-2H3,(H2,22,23,24,26). The second-order valence-electron chi connectivity index (χ2n) is 5.95. The summed E-state index contributed by atoms with van der Waals surface area (Å²) in [6, 6.07) is 13.9. The molecule has 0 unspecified atom stereocenters. The first kappa shape index (κ1) is 19.9. The van der Waals surface area contributed by atoms with Crippen LogP contribution in [0.1, 0.15) is 29.8 Å². The molecular formula is C19H18BrN3O2S. The van der Waals surface area contributed by atoms with Gasteiger partial charge in [0.2, 0.25) is 0 Å². The monoisotopic (exact) mass is 431 g/mol. The average molecular weight is 432 g/mol. The fraction of sp³-hybridized carbons (Fsp3) is 0.211. The number of thiocarbonyl (C=S) groups is 1. The highest BCUT2D eigenvalue weighted by molar-refractivity contribution is 9.10. The van der Waals surface area contributed by atoms with Gasteiger partial charge in [0.15, 0.2) is 5.11 Å². The molecule has 0 aliphatic heterocycles. The zero-order valence-electron chi connectivity index (χ0n) is 14.4. The molecule has 2 N–H and O–H groups in total. The lowest BCUT2D eigenvalue weighted by atomic mass is 10.2. The molecule has 0 heterocycles. The van der Waals surface area contributed by atoms with Crippen LogP contribution < -0.4 is 15.4 Å². The number of anilines is 1. The first-order valence-corrected chi connectivity index (χ1v) is 9.14. The van der Waals surface area contributed by atoms with Crippen molar-refractivity contribution in [2.45, 2.75) is 13.8 Å². The van der Waals surface area contributed by atoms with Gasteiger partial charge in [-0.15, -0.1) is 0 Å². The van der Waals surface area contributed by atoms with Crippen molar-refractivity contribution in [2.24, 2.45) is 5.92 Å². The Morgan fingerprint density at radius 3 is 2.54 bits per heavy atom. The number of benzene rings is 2. The van der Waals surface area contributed by atoms with Crippen molar-refractivity contribution < 1.29 is 9.53 Å². The Morgan fingerprint density at radius 2 is 1.96 bits per heavy atom. The van der Waals surface area contributed by atoms with E-state index in [1.165, 1.54) is 0 Å². The number of amides is 1. The summed E-state index contributed by atoms with van der Waals surface area (Å²) in [5.41, 5.74) is 1.70. The normalized spacial score (nSPS) is 10.1. The molecule has 0 atom stereocenters. The van der Waals surface area contributed by atoms with E-state index in [0.29, 0.717) is 39.6 Å². The minimum atomic E-state index is -0.327. The summed E-state index contributed by atoms with van der Waals surface area (Å²) in [4.78, 5) is 12.3. The lowest BCUT2D eigenvalue weighted by Gasteiger charge is -2.12. The zero-order valence-corrected chi connectivity index (χ0v) is 16.8. The summed E-state index contributed by atoms with van der Waals surface area (Å²) in [5.74, 6) is 0.774. The van der Waals surface area contributed by atoms with Gasteiger partial charge in [-0.05, 0) is 76.5 Å². The van der Waals surface area contributed by atoms with Crippen molar-refractivity contribution in [3.8, 4) is 11.8 Å². The minimum absolute atomic E-state index is 0.177. The molecular weight excluding hydrogens is 414 g/mol. The summed E-state index contributed by atoms with van der Waals surface area (Å²) in [7, 11) is 0. The van der Waals surface area contributed by atoms with Crippen LogP contribution in [-0.2, 0) is 0 Å². The predicted molar refractivity (Wildman–Crippen MR) is 109 cm³/mol. The molecule has 26 heavy (non-hydrogen) atoms. The maximum absolute atomic E-state index is 12.3. The van der Waals surface area contributed by atoms with Gasteiger partial charge in [-0.25, -0.2) is 0 Å². The number of carbonyl (C=O) groups is 1. The van der Waals surface area contributed by atoms with Gasteiger partial charge in [0.1, 0.15) is 5.75 Å². The fourth-order valence-electron chi connectivity index (χ4n) is 1.98. The van der Waals surface area contributed by atoms with Gasteiger partial charge < -0.3 is 10.1 Å². The second-order valence-corrected chi connectivity index (χ2v) is 7.21. The average Bonchev–Trinajstić information content (AvgIpc) is 2.61. The van der Waals surface area contributed by atoms with Crippen LogP contribution in [0.5, 0.6) is 5.75 Å². The molecule has 0 saturated carbocycles. The summed E-state index contributed by atoms with van der Waals surface area (Å²) >= 11 is 8.58. The summed E-state index contributed by atoms with van der Waals surface area (Å²) in [6.07, 6.45) is 0. The first-order valence-electron chi connectivity index (χ1n) is 7.94. The lowest BCUT2D eigenvalue weighted by Crippen LogP contribution is -2.34. The summed E-state index contributed by atoms with van der Waals surface area (Å²) in [5, 5.41) is 14.5. The van der Waals surface area contributed by atoms with Gasteiger partial charge in [0.25, 0.3) is 5.91 Å². The molecule has 0 aliphatic carbocycles. The van der Waals surface area contributed by atoms with Gasteiger partial charge in [-0.2, -0.15) is 5.26 Å². The van der Waals surface area contributed by atoms with E-state index >= 15 is 0 Å². The molecule has 0 spiro atoms. The molecule has 2 aromatic rings. The molecule has 1 amide bonds. The Hall–Kier alpha value is -2.43. The Labute approximate surface area is 166 Å². The summed E-state index contributed by atoms with van der Waals surface area (Å²) in [6.45, 7) is 4.73. The maximum Gasteiger partial charge on any atom is 0.257 e. The third-order valence-electron chi connectivity index (χ3n) is 3.27. The smallest absolute Gasteiger partial charge is 0.257 e. The first-order chi connectivity index (χ1) is 12.4. The van der Waals surface area contributed by atoms with Crippen molar-refractivity contribution in [2.75, 3.05) is 11.9 Å². The molecule has 0 bridgehead atoms. The van der Waals surface area contributed by atoms with Crippen LogP contribution in [-0.4, -0.2) is 17.6 Å². The second kappa shape index (κ2) is 9.32. The molecule has 2 aromatic carbocycles. The molecule has 7 heteroatoms. The van der Waals surface area contributed by atoms with Crippen molar-refractivity contribution in [1.29, 1.82) is 5.26 Å². The van der Waals surface area contributed by atoms with Gasteiger partial charge in [0.05, 0.1) is 22.7 Å². The predicted octanol–water partition coefficient (Wildman–Crippen LogP) is 4.48. The van der Waals surface area contributed by atoms with Gasteiger partial charge in [-0.1, -0.05) is 13.8 Å². The zero-order chi connectivity index (χ0) is 19.1. The molecule has 0 aliphatic rings. The van der Waals surface area contributed by atoms with E-state index in [2.05, 4.69) is 40.4 Å². The molecule has 0 saturated heterocycles. The highest BCUT2D eigenvalue weighted by Crippen LogP contribution is 2.26. The van der Waals surface area contributed by atoms with Crippen LogP contribution in [0.3, 0.4) is 0 Å². The molecule has 0 radical (unpaired) electrons. The van der Waals surface area contributed by atoms with Crippen LogP contribution in [0.25, 0.3) is 0 Å². The van der Waals surface area contributed by atoms with Crippen LogP contribution in [0.2, 0.25) is 0 Å². The Morgan fingerprint density at radius 1 is 1.27 bits per heavy atom. The fourth-order valence-corrected chi connectivity index (χ4v) is 2.69. The van der Waals surface area contributed by atoms with E-state index in [-0.39, 0.29) is 11.0 Å². The third-order valence-corrected chi connectivity index (χ3v) is 4.09. The van der Waals surface area contributed by atoms with Crippen molar-refractivity contribution in [1.82, 2.24) is 5.32 Å². The third kappa shape index (κ3) is 5.83. The number of nitrogens with zero attached hydrogens (tertiary/aromatic N) is 1. The number of ether oxygens (including phenoxy) is 1. The van der Waals surface area contributed by atoms with Crippen LogP contribution in [0.15, 0.2) is 46.9 Å². The summed E-state index contributed by atoms with van der Waals surface area (Å²) < 4.78 is 6.38. The van der Waals surface area contributed by atoms with Gasteiger partial charge in [-0.3, -0.25) is 10.1 Å².